The first kappa shape index (κ1) is 13.4. The van der Waals surface area contributed by atoms with Crippen molar-refractivity contribution in [2.24, 2.45) is 5.92 Å². The van der Waals surface area contributed by atoms with Crippen LogP contribution in [0.3, 0.4) is 0 Å². The molecule has 0 spiro atoms. The Balaban J connectivity index is 1.77. The van der Waals surface area contributed by atoms with Crippen LogP contribution in [0.4, 0.5) is 0 Å². The third kappa shape index (κ3) is 4.01. The molecule has 0 radical (unpaired) electrons. The van der Waals surface area contributed by atoms with Crippen molar-refractivity contribution in [2.45, 2.75) is 39.2 Å². The van der Waals surface area contributed by atoms with Crippen LogP contribution in [0.5, 0.6) is 0 Å². The molecule has 1 saturated heterocycles. The summed E-state index contributed by atoms with van der Waals surface area (Å²) >= 11 is 4.07. The fourth-order valence-corrected chi connectivity index (χ4v) is 4.40. The number of thiophene rings is 1. The molecule has 1 aromatic rings. The predicted molar refractivity (Wildman–Crippen MR) is 80.2 cm³/mol. The van der Waals surface area contributed by atoms with Crippen LogP contribution >= 0.6 is 23.1 Å². The second-order valence-corrected chi connectivity index (χ2v) is 7.27. The van der Waals surface area contributed by atoms with Gasteiger partial charge in [0.2, 0.25) is 0 Å². The smallest absolute Gasteiger partial charge is 0.0386 e. The van der Waals surface area contributed by atoms with Crippen LogP contribution in [0.2, 0.25) is 0 Å². The highest BCUT2D eigenvalue weighted by Crippen LogP contribution is 2.25. The van der Waals surface area contributed by atoms with Gasteiger partial charge < -0.3 is 5.32 Å². The van der Waals surface area contributed by atoms with Crippen molar-refractivity contribution >= 4 is 23.1 Å². The van der Waals surface area contributed by atoms with Crippen LogP contribution in [-0.2, 0) is 6.42 Å². The highest BCUT2D eigenvalue weighted by Gasteiger charge is 2.15. The van der Waals surface area contributed by atoms with Crippen LogP contribution in [0.15, 0.2) is 12.1 Å². The van der Waals surface area contributed by atoms with E-state index in [1.807, 2.05) is 11.3 Å². The third-order valence-corrected chi connectivity index (χ3v) is 5.97. The third-order valence-electron chi connectivity index (χ3n) is 3.51. The fraction of sp³-hybridized carbons (Fsp3) is 0.714. The van der Waals surface area contributed by atoms with Crippen molar-refractivity contribution in [3.05, 3.63) is 21.9 Å². The highest BCUT2D eigenvalue weighted by atomic mass is 32.2. The van der Waals surface area contributed by atoms with E-state index in [9.17, 15) is 0 Å². The highest BCUT2D eigenvalue weighted by molar-refractivity contribution is 7.99. The van der Waals surface area contributed by atoms with E-state index in [-0.39, 0.29) is 0 Å². The van der Waals surface area contributed by atoms with Crippen molar-refractivity contribution in [2.75, 3.05) is 18.1 Å². The van der Waals surface area contributed by atoms with E-state index in [0.717, 1.165) is 12.3 Å². The van der Waals surface area contributed by atoms with Crippen LogP contribution in [0.1, 0.15) is 42.5 Å². The van der Waals surface area contributed by atoms with Gasteiger partial charge in [-0.1, -0.05) is 6.92 Å². The van der Waals surface area contributed by atoms with Gasteiger partial charge in [0.1, 0.15) is 0 Å². The maximum absolute atomic E-state index is 3.71. The van der Waals surface area contributed by atoms with Crippen LogP contribution in [-0.4, -0.2) is 18.1 Å². The molecule has 1 fully saturated rings. The molecular formula is C14H23NS2. The largest absolute Gasteiger partial charge is 0.309 e. The van der Waals surface area contributed by atoms with E-state index in [4.69, 9.17) is 0 Å². The minimum absolute atomic E-state index is 0.523. The molecule has 0 amide bonds. The van der Waals surface area contributed by atoms with Crippen molar-refractivity contribution in [3.8, 4) is 0 Å². The summed E-state index contributed by atoms with van der Waals surface area (Å²) in [7, 11) is 0. The summed E-state index contributed by atoms with van der Waals surface area (Å²) in [5.41, 5.74) is 0. The first-order chi connectivity index (χ1) is 8.29. The van der Waals surface area contributed by atoms with Crippen molar-refractivity contribution in [1.82, 2.24) is 5.32 Å². The lowest BCUT2D eigenvalue weighted by Gasteiger charge is -2.23. The molecule has 1 nitrogen and oxygen atoms in total. The molecule has 1 aromatic heterocycles. The quantitative estimate of drug-likeness (QED) is 0.863. The zero-order valence-electron chi connectivity index (χ0n) is 10.9. The lowest BCUT2D eigenvalue weighted by atomic mass is 10.0. The summed E-state index contributed by atoms with van der Waals surface area (Å²) in [6.07, 6.45) is 3.96. The molecule has 17 heavy (non-hydrogen) atoms. The van der Waals surface area contributed by atoms with Gasteiger partial charge in [-0.25, -0.2) is 0 Å². The van der Waals surface area contributed by atoms with Gasteiger partial charge >= 0.3 is 0 Å². The van der Waals surface area contributed by atoms with Crippen molar-refractivity contribution in [1.29, 1.82) is 0 Å². The normalized spacial score (nSPS) is 19.4. The average molecular weight is 269 g/mol. The van der Waals surface area contributed by atoms with Gasteiger partial charge in [0, 0.05) is 15.8 Å². The first-order valence-electron chi connectivity index (χ1n) is 6.69. The van der Waals surface area contributed by atoms with Gasteiger partial charge in [-0.2, -0.15) is 11.8 Å². The molecule has 2 rings (SSSR count). The van der Waals surface area contributed by atoms with E-state index < -0.39 is 0 Å². The summed E-state index contributed by atoms with van der Waals surface area (Å²) in [4.78, 5) is 3.00. The lowest BCUT2D eigenvalue weighted by Crippen LogP contribution is -2.27. The zero-order chi connectivity index (χ0) is 12.1. The van der Waals surface area contributed by atoms with Gasteiger partial charge in [-0.15, -0.1) is 11.3 Å². The molecule has 1 unspecified atom stereocenters. The Kier molecular flexibility index (Phi) is 5.39. The molecule has 1 aliphatic heterocycles. The Morgan fingerprint density at radius 3 is 2.76 bits per heavy atom. The van der Waals surface area contributed by atoms with Gasteiger partial charge in [-0.3, -0.25) is 0 Å². The Morgan fingerprint density at radius 2 is 2.12 bits per heavy atom. The molecule has 0 aromatic carbocycles. The summed E-state index contributed by atoms with van der Waals surface area (Å²) in [5, 5.41) is 3.71. The molecule has 0 saturated carbocycles. The predicted octanol–water partition coefficient (Wildman–Crippen LogP) is 4.10. The summed E-state index contributed by atoms with van der Waals surface area (Å²) in [6.45, 7) is 5.72. The van der Waals surface area contributed by atoms with Gasteiger partial charge in [-0.05, 0) is 62.3 Å². The minimum Gasteiger partial charge on any atom is -0.309 e. The summed E-state index contributed by atoms with van der Waals surface area (Å²) in [5.74, 6) is 3.63. The molecule has 96 valence electrons. The number of aryl methyl sites for hydroxylation is 1. The molecule has 1 aliphatic rings. The number of rotatable bonds is 5. The van der Waals surface area contributed by atoms with E-state index in [1.165, 1.54) is 40.6 Å². The number of thioether (sulfide) groups is 1. The lowest BCUT2D eigenvalue weighted by molar-refractivity contribution is 0.423. The molecular weight excluding hydrogens is 246 g/mol. The molecule has 1 atom stereocenters. The van der Waals surface area contributed by atoms with Crippen molar-refractivity contribution < 1.29 is 0 Å². The van der Waals surface area contributed by atoms with Crippen LogP contribution in [0, 0.1) is 5.92 Å². The molecule has 2 heterocycles. The van der Waals surface area contributed by atoms with Gasteiger partial charge in [0.05, 0.1) is 0 Å². The zero-order valence-corrected chi connectivity index (χ0v) is 12.5. The van der Waals surface area contributed by atoms with E-state index in [1.54, 1.807) is 0 Å². The molecule has 0 bridgehead atoms. The standard InChI is InChI=1S/C14H23NS2/c1-3-13-4-5-14(17-13)11(2)15-10-12-6-8-16-9-7-12/h4-5,11-12,15H,3,6-10H2,1-2H3. The molecule has 1 N–H and O–H groups in total. The molecule has 3 heteroatoms. The fourth-order valence-electron chi connectivity index (χ4n) is 2.21. The van der Waals surface area contributed by atoms with E-state index >= 15 is 0 Å². The minimum atomic E-state index is 0.523. The second kappa shape index (κ2) is 6.81. The summed E-state index contributed by atoms with van der Waals surface area (Å²) in [6, 6.07) is 5.09. The maximum Gasteiger partial charge on any atom is 0.0386 e. The Hall–Kier alpha value is 0.01000. The number of hydrogen-bond acceptors (Lipinski definition) is 3. The van der Waals surface area contributed by atoms with E-state index in [0.29, 0.717) is 6.04 Å². The topological polar surface area (TPSA) is 12.0 Å². The van der Waals surface area contributed by atoms with Gasteiger partial charge in [0.25, 0.3) is 0 Å². The SMILES string of the molecule is CCc1ccc(C(C)NCC2CCSCC2)s1. The second-order valence-electron chi connectivity index (χ2n) is 4.84. The van der Waals surface area contributed by atoms with Gasteiger partial charge in [0.15, 0.2) is 0 Å². The Morgan fingerprint density at radius 1 is 1.35 bits per heavy atom. The number of hydrogen-bond donors (Lipinski definition) is 1. The summed E-state index contributed by atoms with van der Waals surface area (Å²) < 4.78 is 0. The Bertz CT molecular complexity index is 329. The Labute approximate surface area is 113 Å². The van der Waals surface area contributed by atoms with Crippen LogP contribution < -0.4 is 5.32 Å². The molecule has 0 aliphatic carbocycles. The van der Waals surface area contributed by atoms with Crippen LogP contribution in [0.25, 0.3) is 0 Å². The van der Waals surface area contributed by atoms with Crippen molar-refractivity contribution in [3.63, 3.8) is 0 Å². The maximum atomic E-state index is 3.71. The average Bonchev–Trinajstić information content (AvgIpc) is 2.86. The monoisotopic (exact) mass is 269 g/mol. The number of nitrogens with one attached hydrogen (secondary N) is 1. The van der Waals surface area contributed by atoms with E-state index in [2.05, 4.69) is 43.1 Å². The first-order valence-corrected chi connectivity index (χ1v) is 8.66.